The van der Waals surface area contributed by atoms with Gasteiger partial charge in [-0.3, -0.25) is 4.90 Å². The number of hydrogen-bond acceptors (Lipinski definition) is 2. The van der Waals surface area contributed by atoms with Crippen LogP contribution in [0.15, 0.2) is 0 Å². The summed E-state index contributed by atoms with van der Waals surface area (Å²) in [5.41, 5.74) is 0. The van der Waals surface area contributed by atoms with Crippen molar-refractivity contribution in [1.82, 2.24) is 4.90 Å². The molecule has 1 N–H and O–H groups in total. The monoisotopic (exact) mass is 185 g/mol. The molecule has 0 aromatic heterocycles. The Bertz CT molecular complexity index is 146. The van der Waals surface area contributed by atoms with Gasteiger partial charge in [0.1, 0.15) is 6.23 Å². The summed E-state index contributed by atoms with van der Waals surface area (Å²) in [4.78, 5) is 2.08. The normalized spacial score (nSPS) is 36.9. The molecule has 0 aromatic rings. The maximum absolute atomic E-state index is 9.76. The minimum absolute atomic E-state index is 0.215. The standard InChI is InChI=1S/C11H23NO/c1-8(2)5-10-6-9(3)12(4)11(13)7-10/h8-11,13H,5-7H2,1-4H3. The Morgan fingerprint density at radius 2 is 2.00 bits per heavy atom. The third kappa shape index (κ3) is 2.96. The quantitative estimate of drug-likeness (QED) is 0.712. The zero-order valence-corrected chi connectivity index (χ0v) is 9.33. The van der Waals surface area contributed by atoms with Crippen LogP contribution in [0.1, 0.15) is 40.0 Å². The molecule has 0 bridgehead atoms. The molecule has 78 valence electrons. The van der Waals surface area contributed by atoms with Gasteiger partial charge >= 0.3 is 0 Å². The van der Waals surface area contributed by atoms with Crippen molar-refractivity contribution in [2.75, 3.05) is 7.05 Å². The van der Waals surface area contributed by atoms with Crippen LogP contribution in [0, 0.1) is 11.8 Å². The summed E-state index contributed by atoms with van der Waals surface area (Å²) >= 11 is 0. The van der Waals surface area contributed by atoms with Gasteiger partial charge in [-0.05, 0) is 45.1 Å². The van der Waals surface area contributed by atoms with E-state index in [-0.39, 0.29) is 6.23 Å². The second-order valence-corrected chi connectivity index (χ2v) is 4.96. The largest absolute Gasteiger partial charge is 0.378 e. The highest BCUT2D eigenvalue weighted by molar-refractivity contribution is 4.79. The first kappa shape index (κ1) is 11.0. The molecule has 1 aliphatic heterocycles. The van der Waals surface area contributed by atoms with Crippen molar-refractivity contribution < 1.29 is 5.11 Å². The van der Waals surface area contributed by atoms with Crippen LogP contribution < -0.4 is 0 Å². The zero-order valence-electron chi connectivity index (χ0n) is 9.33. The van der Waals surface area contributed by atoms with Gasteiger partial charge in [0.05, 0.1) is 0 Å². The van der Waals surface area contributed by atoms with E-state index in [0.717, 1.165) is 18.3 Å². The first-order valence-electron chi connectivity index (χ1n) is 5.40. The van der Waals surface area contributed by atoms with E-state index < -0.39 is 0 Å². The number of nitrogens with zero attached hydrogens (tertiary/aromatic N) is 1. The second kappa shape index (κ2) is 4.43. The molecule has 1 rings (SSSR count). The average Bonchev–Trinajstić information content (AvgIpc) is 1.98. The van der Waals surface area contributed by atoms with E-state index in [1.165, 1.54) is 12.8 Å². The Labute approximate surface area is 81.9 Å². The first-order valence-corrected chi connectivity index (χ1v) is 5.40. The Morgan fingerprint density at radius 1 is 1.38 bits per heavy atom. The summed E-state index contributed by atoms with van der Waals surface area (Å²) in [6, 6.07) is 0.535. The summed E-state index contributed by atoms with van der Waals surface area (Å²) in [5.74, 6) is 1.48. The fraction of sp³-hybridized carbons (Fsp3) is 1.00. The molecule has 1 fully saturated rings. The molecule has 3 atom stereocenters. The topological polar surface area (TPSA) is 23.5 Å². The molecule has 3 unspecified atom stereocenters. The van der Waals surface area contributed by atoms with E-state index in [1.54, 1.807) is 0 Å². The summed E-state index contributed by atoms with van der Waals surface area (Å²) in [6.07, 6.45) is 3.24. The first-order chi connectivity index (χ1) is 6.00. The van der Waals surface area contributed by atoms with E-state index in [4.69, 9.17) is 0 Å². The van der Waals surface area contributed by atoms with Gasteiger partial charge in [-0.1, -0.05) is 13.8 Å². The van der Waals surface area contributed by atoms with E-state index in [0.29, 0.717) is 6.04 Å². The summed E-state index contributed by atoms with van der Waals surface area (Å²) in [5, 5.41) is 9.76. The van der Waals surface area contributed by atoms with Gasteiger partial charge in [-0.25, -0.2) is 0 Å². The highest BCUT2D eigenvalue weighted by Gasteiger charge is 2.29. The van der Waals surface area contributed by atoms with Gasteiger partial charge < -0.3 is 5.11 Å². The van der Waals surface area contributed by atoms with Crippen molar-refractivity contribution >= 4 is 0 Å². The molecule has 0 aromatic carbocycles. The lowest BCUT2D eigenvalue weighted by Gasteiger charge is -2.39. The van der Waals surface area contributed by atoms with Gasteiger partial charge in [-0.2, -0.15) is 0 Å². The zero-order chi connectivity index (χ0) is 10.0. The minimum Gasteiger partial charge on any atom is -0.378 e. The Hall–Kier alpha value is -0.0800. The van der Waals surface area contributed by atoms with Crippen molar-refractivity contribution in [2.24, 2.45) is 11.8 Å². The van der Waals surface area contributed by atoms with E-state index in [1.807, 2.05) is 7.05 Å². The average molecular weight is 185 g/mol. The molecule has 0 saturated carbocycles. The highest BCUT2D eigenvalue weighted by Crippen LogP contribution is 2.29. The molecule has 2 nitrogen and oxygen atoms in total. The number of hydrogen-bond donors (Lipinski definition) is 1. The fourth-order valence-electron chi connectivity index (χ4n) is 2.36. The maximum atomic E-state index is 9.76. The third-order valence-corrected chi connectivity index (χ3v) is 3.19. The smallest absolute Gasteiger partial charge is 0.107 e. The van der Waals surface area contributed by atoms with Gasteiger partial charge in [0, 0.05) is 6.04 Å². The molecule has 0 aliphatic carbocycles. The van der Waals surface area contributed by atoms with Gasteiger partial charge in [-0.15, -0.1) is 0 Å². The van der Waals surface area contributed by atoms with Crippen LogP contribution in [-0.4, -0.2) is 29.3 Å². The molecular weight excluding hydrogens is 162 g/mol. The molecule has 13 heavy (non-hydrogen) atoms. The Balaban J connectivity index is 2.44. The van der Waals surface area contributed by atoms with Gasteiger partial charge in [0.25, 0.3) is 0 Å². The number of piperidine rings is 1. The van der Waals surface area contributed by atoms with Crippen LogP contribution in [-0.2, 0) is 0 Å². The molecule has 1 heterocycles. The van der Waals surface area contributed by atoms with Crippen LogP contribution in [0.25, 0.3) is 0 Å². The third-order valence-electron chi connectivity index (χ3n) is 3.19. The van der Waals surface area contributed by atoms with Crippen LogP contribution in [0.2, 0.25) is 0 Å². The molecule has 1 saturated heterocycles. The van der Waals surface area contributed by atoms with Crippen molar-refractivity contribution in [3.63, 3.8) is 0 Å². The number of aliphatic hydroxyl groups is 1. The van der Waals surface area contributed by atoms with Crippen molar-refractivity contribution in [2.45, 2.75) is 52.3 Å². The Morgan fingerprint density at radius 3 is 2.46 bits per heavy atom. The van der Waals surface area contributed by atoms with Crippen LogP contribution in [0.4, 0.5) is 0 Å². The molecule has 0 radical (unpaired) electrons. The van der Waals surface area contributed by atoms with Crippen molar-refractivity contribution in [1.29, 1.82) is 0 Å². The van der Waals surface area contributed by atoms with E-state index in [2.05, 4.69) is 25.7 Å². The number of likely N-dealkylation sites (tertiary alicyclic amines) is 1. The lowest BCUT2D eigenvalue weighted by molar-refractivity contribution is -0.0564. The molecule has 0 spiro atoms. The van der Waals surface area contributed by atoms with Crippen molar-refractivity contribution in [3.8, 4) is 0 Å². The minimum atomic E-state index is -0.215. The van der Waals surface area contributed by atoms with E-state index in [9.17, 15) is 5.11 Å². The SMILES string of the molecule is CC(C)CC1CC(C)N(C)C(O)C1. The predicted octanol–water partition coefficient (Wildman–Crippen LogP) is 2.08. The Kier molecular flexibility index (Phi) is 3.74. The predicted molar refractivity (Wildman–Crippen MR) is 55.4 cm³/mol. The summed E-state index contributed by atoms with van der Waals surface area (Å²) in [7, 11) is 2.01. The molecule has 1 aliphatic rings. The van der Waals surface area contributed by atoms with Crippen LogP contribution in [0.3, 0.4) is 0 Å². The molecule has 2 heteroatoms. The molecular formula is C11H23NO. The highest BCUT2D eigenvalue weighted by atomic mass is 16.3. The number of aliphatic hydroxyl groups excluding tert-OH is 1. The van der Waals surface area contributed by atoms with Crippen LogP contribution in [0.5, 0.6) is 0 Å². The van der Waals surface area contributed by atoms with Crippen molar-refractivity contribution in [3.05, 3.63) is 0 Å². The van der Waals surface area contributed by atoms with Crippen LogP contribution >= 0.6 is 0 Å². The van der Waals surface area contributed by atoms with Gasteiger partial charge in [0.15, 0.2) is 0 Å². The lowest BCUT2D eigenvalue weighted by atomic mass is 9.85. The summed E-state index contributed by atoms with van der Waals surface area (Å²) in [6.45, 7) is 6.72. The molecule has 0 amide bonds. The van der Waals surface area contributed by atoms with Gasteiger partial charge in [0.2, 0.25) is 0 Å². The lowest BCUT2D eigenvalue weighted by Crippen LogP contribution is -2.45. The van der Waals surface area contributed by atoms with E-state index >= 15 is 0 Å². The summed E-state index contributed by atoms with van der Waals surface area (Å²) < 4.78 is 0. The maximum Gasteiger partial charge on any atom is 0.107 e. The second-order valence-electron chi connectivity index (χ2n) is 4.96. The fourth-order valence-corrected chi connectivity index (χ4v) is 2.36. The number of rotatable bonds is 2.